The molecule has 0 saturated carbocycles. The first-order chi connectivity index (χ1) is 9.10. The zero-order chi connectivity index (χ0) is 14.3. The number of benzene rings is 1. The number of aliphatic hydroxyl groups is 1. The Bertz CT molecular complexity index is 405. The van der Waals surface area contributed by atoms with Gasteiger partial charge < -0.3 is 15.2 Å². The summed E-state index contributed by atoms with van der Waals surface area (Å²) in [6, 6.07) is 7.46. The van der Waals surface area contributed by atoms with Crippen LogP contribution in [0.3, 0.4) is 0 Å². The molecule has 19 heavy (non-hydrogen) atoms. The second-order valence-corrected chi connectivity index (χ2v) is 4.68. The highest BCUT2D eigenvalue weighted by atomic mass is 16.5. The lowest BCUT2D eigenvalue weighted by Crippen LogP contribution is -2.51. The van der Waals surface area contributed by atoms with Gasteiger partial charge in [0.25, 0.3) is 0 Å². The van der Waals surface area contributed by atoms with Crippen molar-refractivity contribution in [3.8, 4) is 5.75 Å². The summed E-state index contributed by atoms with van der Waals surface area (Å²) < 4.78 is 5.23. The van der Waals surface area contributed by atoms with Crippen LogP contribution in [-0.4, -0.2) is 30.3 Å². The Labute approximate surface area is 114 Å². The topological polar surface area (TPSA) is 58.6 Å². The van der Waals surface area contributed by atoms with Crippen LogP contribution in [0.1, 0.15) is 32.3 Å². The molecule has 0 aliphatic carbocycles. The predicted octanol–water partition coefficient (Wildman–Crippen LogP) is 1.90. The summed E-state index contributed by atoms with van der Waals surface area (Å²) in [5.41, 5.74) is 0.334. The summed E-state index contributed by atoms with van der Waals surface area (Å²) in [5.74, 6) is 0.613. The van der Waals surface area contributed by atoms with Crippen molar-refractivity contribution in [1.29, 1.82) is 0 Å². The Morgan fingerprint density at radius 2 is 1.95 bits per heavy atom. The van der Waals surface area contributed by atoms with Crippen LogP contribution in [0.2, 0.25) is 0 Å². The lowest BCUT2D eigenvalue weighted by molar-refractivity contribution is -0.123. The molecule has 0 aliphatic rings. The molecule has 0 aliphatic heterocycles. The lowest BCUT2D eigenvalue weighted by atomic mass is 9.93. The summed E-state index contributed by atoms with van der Waals surface area (Å²) in [5, 5.41) is 12.4. The van der Waals surface area contributed by atoms with Crippen molar-refractivity contribution in [2.75, 3.05) is 13.7 Å². The Morgan fingerprint density at radius 1 is 1.32 bits per heavy atom. The fraction of sp³-hybridized carbons (Fsp3) is 0.533. The maximum atomic E-state index is 12.1. The van der Waals surface area contributed by atoms with Gasteiger partial charge in [-0.25, -0.2) is 0 Å². The van der Waals surface area contributed by atoms with E-state index in [9.17, 15) is 9.90 Å². The smallest absolute Gasteiger partial charge is 0.225 e. The van der Waals surface area contributed by atoms with Crippen molar-refractivity contribution in [2.24, 2.45) is 0 Å². The molecule has 0 aromatic heterocycles. The van der Waals surface area contributed by atoms with Gasteiger partial charge in [-0.15, -0.1) is 0 Å². The summed E-state index contributed by atoms with van der Waals surface area (Å²) in [6.07, 6.45) is 1.67. The van der Waals surface area contributed by atoms with Gasteiger partial charge in [-0.05, 0) is 18.9 Å². The van der Waals surface area contributed by atoms with E-state index in [0.717, 1.165) is 5.56 Å². The minimum Gasteiger partial charge on any atom is -0.496 e. The molecular weight excluding hydrogens is 242 g/mol. The van der Waals surface area contributed by atoms with Gasteiger partial charge in [0.2, 0.25) is 5.91 Å². The number of aliphatic hydroxyl groups excluding tert-OH is 1. The third-order valence-corrected chi connectivity index (χ3v) is 3.60. The van der Waals surface area contributed by atoms with Crippen LogP contribution < -0.4 is 10.1 Å². The number of ether oxygens (including phenoxy) is 1. The fourth-order valence-corrected chi connectivity index (χ4v) is 2.05. The molecule has 1 amide bonds. The molecule has 106 valence electrons. The number of nitrogens with one attached hydrogen (secondary N) is 1. The largest absolute Gasteiger partial charge is 0.496 e. The van der Waals surface area contributed by atoms with E-state index in [1.807, 2.05) is 38.1 Å². The first-order valence-electron chi connectivity index (χ1n) is 6.64. The van der Waals surface area contributed by atoms with Crippen LogP contribution in [0.4, 0.5) is 0 Å². The minimum absolute atomic E-state index is 0.0440. The van der Waals surface area contributed by atoms with Crippen molar-refractivity contribution in [2.45, 2.75) is 38.6 Å². The first-order valence-corrected chi connectivity index (χ1v) is 6.64. The molecule has 1 aromatic carbocycles. The Hall–Kier alpha value is -1.55. The summed E-state index contributed by atoms with van der Waals surface area (Å²) in [4.78, 5) is 12.1. The van der Waals surface area contributed by atoms with Gasteiger partial charge in [0, 0.05) is 5.56 Å². The number of methoxy groups -OCH3 is 1. The van der Waals surface area contributed by atoms with E-state index in [1.165, 1.54) is 0 Å². The van der Waals surface area contributed by atoms with E-state index in [4.69, 9.17) is 4.74 Å². The number of para-hydroxylation sites is 1. The Balaban J connectivity index is 2.74. The number of amides is 1. The molecule has 0 saturated heterocycles. The fourth-order valence-electron chi connectivity index (χ4n) is 2.05. The highest BCUT2D eigenvalue weighted by Gasteiger charge is 2.27. The molecule has 2 N–H and O–H groups in total. The molecule has 1 rings (SSSR count). The van der Waals surface area contributed by atoms with Gasteiger partial charge >= 0.3 is 0 Å². The molecule has 4 heteroatoms. The van der Waals surface area contributed by atoms with Crippen LogP contribution >= 0.6 is 0 Å². The van der Waals surface area contributed by atoms with Gasteiger partial charge in [-0.3, -0.25) is 4.79 Å². The number of rotatable bonds is 7. The van der Waals surface area contributed by atoms with Gasteiger partial charge in [0.05, 0.1) is 25.7 Å². The van der Waals surface area contributed by atoms with Crippen molar-refractivity contribution < 1.29 is 14.6 Å². The third-order valence-electron chi connectivity index (χ3n) is 3.60. The van der Waals surface area contributed by atoms with Crippen LogP contribution in [0, 0.1) is 0 Å². The quantitative estimate of drug-likeness (QED) is 0.791. The Morgan fingerprint density at radius 3 is 2.47 bits per heavy atom. The maximum Gasteiger partial charge on any atom is 0.225 e. The Kier molecular flexibility index (Phi) is 5.83. The zero-order valence-electron chi connectivity index (χ0n) is 11.9. The van der Waals surface area contributed by atoms with Gasteiger partial charge in [-0.2, -0.15) is 0 Å². The van der Waals surface area contributed by atoms with Crippen LogP contribution in [0.5, 0.6) is 5.75 Å². The molecule has 0 spiro atoms. The molecule has 1 aromatic rings. The molecule has 0 radical (unpaired) electrons. The molecule has 0 fully saturated rings. The SMILES string of the molecule is CCC(CC)(CO)NC(=O)Cc1ccccc1OC. The number of hydrogen-bond acceptors (Lipinski definition) is 3. The first kappa shape index (κ1) is 15.5. The number of hydrogen-bond donors (Lipinski definition) is 2. The van der Waals surface area contributed by atoms with E-state index in [1.54, 1.807) is 7.11 Å². The van der Waals surface area contributed by atoms with Gasteiger partial charge in [0.15, 0.2) is 0 Å². The number of carbonyl (C=O) groups excluding carboxylic acids is 1. The molecular formula is C15H23NO3. The van der Waals surface area contributed by atoms with E-state index < -0.39 is 5.54 Å². The highest BCUT2D eigenvalue weighted by Crippen LogP contribution is 2.19. The maximum absolute atomic E-state index is 12.1. The summed E-state index contributed by atoms with van der Waals surface area (Å²) >= 11 is 0. The van der Waals surface area contributed by atoms with Crippen LogP contribution in [-0.2, 0) is 11.2 Å². The van der Waals surface area contributed by atoms with Gasteiger partial charge in [-0.1, -0.05) is 32.0 Å². The van der Waals surface area contributed by atoms with Crippen molar-refractivity contribution in [3.63, 3.8) is 0 Å². The third kappa shape index (κ3) is 3.96. The number of carbonyl (C=O) groups is 1. The molecule has 0 bridgehead atoms. The van der Waals surface area contributed by atoms with Crippen molar-refractivity contribution in [1.82, 2.24) is 5.32 Å². The zero-order valence-corrected chi connectivity index (χ0v) is 11.9. The molecule has 0 atom stereocenters. The van der Waals surface area contributed by atoms with Crippen molar-refractivity contribution in [3.05, 3.63) is 29.8 Å². The average molecular weight is 265 g/mol. The van der Waals surface area contributed by atoms with E-state index >= 15 is 0 Å². The second kappa shape index (κ2) is 7.14. The van der Waals surface area contributed by atoms with E-state index in [-0.39, 0.29) is 18.9 Å². The predicted molar refractivity (Wildman–Crippen MR) is 75.2 cm³/mol. The molecule has 0 heterocycles. The molecule has 0 unspecified atom stereocenters. The monoisotopic (exact) mass is 265 g/mol. The van der Waals surface area contributed by atoms with E-state index in [2.05, 4.69) is 5.32 Å². The second-order valence-electron chi connectivity index (χ2n) is 4.68. The van der Waals surface area contributed by atoms with E-state index in [0.29, 0.717) is 18.6 Å². The highest BCUT2D eigenvalue weighted by molar-refractivity contribution is 5.80. The van der Waals surface area contributed by atoms with Gasteiger partial charge in [0.1, 0.15) is 5.75 Å². The summed E-state index contributed by atoms with van der Waals surface area (Å²) in [6.45, 7) is 3.88. The van der Waals surface area contributed by atoms with Crippen LogP contribution in [0.15, 0.2) is 24.3 Å². The average Bonchev–Trinajstić information content (AvgIpc) is 2.45. The van der Waals surface area contributed by atoms with Crippen LogP contribution in [0.25, 0.3) is 0 Å². The standard InChI is InChI=1S/C15H23NO3/c1-4-15(5-2,11-17)16-14(18)10-12-8-6-7-9-13(12)19-3/h6-9,17H,4-5,10-11H2,1-3H3,(H,16,18). The lowest BCUT2D eigenvalue weighted by Gasteiger charge is -2.30. The summed E-state index contributed by atoms with van der Waals surface area (Å²) in [7, 11) is 1.59. The molecule has 4 nitrogen and oxygen atoms in total. The minimum atomic E-state index is -0.515. The normalized spacial score (nSPS) is 11.2. The van der Waals surface area contributed by atoms with Crippen molar-refractivity contribution >= 4 is 5.91 Å².